The van der Waals surface area contributed by atoms with Crippen LogP contribution in [0.25, 0.3) is 0 Å². The van der Waals surface area contributed by atoms with Crippen molar-refractivity contribution in [3.05, 3.63) is 27.7 Å². The predicted octanol–water partition coefficient (Wildman–Crippen LogP) is 5.18. The molecule has 1 nitrogen and oxygen atoms in total. The van der Waals surface area contributed by atoms with E-state index in [4.69, 9.17) is 4.74 Å². The maximum Gasteiger partial charge on any atom is 0.123 e. The highest BCUT2D eigenvalue weighted by Gasteiger charge is 2.28. The molecule has 2 rings (SSSR count). The lowest BCUT2D eigenvalue weighted by Gasteiger charge is -2.29. The third-order valence-electron chi connectivity index (χ3n) is 3.15. The van der Waals surface area contributed by atoms with Gasteiger partial charge in [-0.2, -0.15) is 0 Å². The predicted molar refractivity (Wildman–Crippen MR) is 74.6 cm³/mol. The average molecular weight is 348 g/mol. The quantitative estimate of drug-likeness (QED) is 0.669. The molecule has 0 saturated carbocycles. The van der Waals surface area contributed by atoms with E-state index in [9.17, 15) is 0 Å². The largest absolute Gasteiger partial charge is 0.494 e. The van der Waals surface area contributed by atoms with Crippen LogP contribution in [0.2, 0.25) is 0 Å². The van der Waals surface area contributed by atoms with E-state index in [1.807, 2.05) is 6.92 Å². The van der Waals surface area contributed by atoms with Gasteiger partial charge in [0.15, 0.2) is 0 Å². The summed E-state index contributed by atoms with van der Waals surface area (Å²) in [6.07, 6.45) is 2.42. The number of fused-ring (bicyclic) bond motifs is 1. The molecule has 0 radical (unpaired) electrons. The molecule has 2 unspecified atom stereocenters. The Balaban J connectivity index is 2.55. The molecule has 0 bridgehead atoms. The van der Waals surface area contributed by atoms with Crippen LogP contribution in [0.15, 0.2) is 16.6 Å². The summed E-state index contributed by atoms with van der Waals surface area (Å²) in [7, 11) is 0. The SMILES string of the molecule is CCOc1ccc(Br)c2c1C(C)CCC2Br. The molecule has 0 heterocycles. The van der Waals surface area contributed by atoms with E-state index in [1.54, 1.807) is 0 Å². The van der Waals surface area contributed by atoms with Crippen LogP contribution in [0.4, 0.5) is 0 Å². The topological polar surface area (TPSA) is 9.23 Å². The van der Waals surface area contributed by atoms with Crippen molar-refractivity contribution >= 4 is 31.9 Å². The van der Waals surface area contributed by atoms with Crippen LogP contribution < -0.4 is 4.74 Å². The van der Waals surface area contributed by atoms with Gasteiger partial charge >= 0.3 is 0 Å². The molecule has 1 aliphatic carbocycles. The van der Waals surface area contributed by atoms with E-state index in [1.165, 1.54) is 28.4 Å². The van der Waals surface area contributed by atoms with Gasteiger partial charge in [0.25, 0.3) is 0 Å². The summed E-state index contributed by atoms with van der Waals surface area (Å²) in [5.41, 5.74) is 2.76. The summed E-state index contributed by atoms with van der Waals surface area (Å²) in [6, 6.07) is 4.17. The minimum Gasteiger partial charge on any atom is -0.494 e. The summed E-state index contributed by atoms with van der Waals surface area (Å²) in [6.45, 7) is 5.05. The molecule has 0 spiro atoms. The summed E-state index contributed by atoms with van der Waals surface area (Å²) in [5.74, 6) is 1.64. The Morgan fingerprint density at radius 2 is 2.06 bits per heavy atom. The second-order valence-electron chi connectivity index (χ2n) is 4.25. The molecular formula is C13H16Br2O. The fraction of sp³-hybridized carbons (Fsp3) is 0.538. The first kappa shape index (κ1) is 12.4. The summed E-state index contributed by atoms with van der Waals surface area (Å²) >= 11 is 7.41. The molecule has 0 aromatic heterocycles. The Kier molecular flexibility index (Phi) is 3.96. The van der Waals surface area contributed by atoms with Crippen LogP contribution in [0.3, 0.4) is 0 Å². The number of rotatable bonds is 2. The summed E-state index contributed by atoms with van der Waals surface area (Å²) in [4.78, 5) is 0.452. The van der Waals surface area contributed by atoms with Crippen molar-refractivity contribution in [1.82, 2.24) is 0 Å². The third kappa shape index (κ3) is 2.17. The highest BCUT2D eigenvalue weighted by atomic mass is 79.9. The van der Waals surface area contributed by atoms with Gasteiger partial charge in [0.2, 0.25) is 0 Å². The molecule has 0 fully saturated rings. The summed E-state index contributed by atoms with van der Waals surface area (Å²) in [5, 5.41) is 0. The van der Waals surface area contributed by atoms with Gasteiger partial charge in [0.05, 0.1) is 6.61 Å². The van der Waals surface area contributed by atoms with Gasteiger partial charge in [-0.3, -0.25) is 0 Å². The van der Waals surface area contributed by atoms with E-state index in [-0.39, 0.29) is 0 Å². The lowest BCUT2D eigenvalue weighted by Crippen LogP contribution is -2.12. The first-order chi connectivity index (χ1) is 7.65. The average Bonchev–Trinajstić information content (AvgIpc) is 2.26. The maximum atomic E-state index is 5.74. The van der Waals surface area contributed by atoms with Gasteiger partial charge in [0, 0.05) is 14.9 Å². The molecule has 0 N–H and O–H groups in total. The fourth-order valence-electron chi connectivity index (χ4n) is 2.38. The molecule has 88 valence electrons. The molecule has 0 aliphatic heterocycles. The van der Waals surface area contributed by atoms with E-state index >= 15 is 0 Å². The maximum absolute atomic E-state index is 5.74. The van der Waals surface area contributed by atoms with E-state index in [0.717, 1.165) is 12.4 Å². The van der Waals surface area contributed by atoms with E-state index < -0.39 is 0 Å². The van der Waals surface area contributed by atoms with Gasteiger partial charge in [-0.05, 0) is 43.4 Å². The zero-order chi connectivity index (χ0) is 11.7. The van der Waals surface area contributed by atoms with Crippen molar-refractivity contribution in [3.8, 4) is 5.75 Å². The Hall–Kier alpha value is -0.0200. The zero-order valence-corrected chi connectivity index (χ0v) is 12.8. The molecule has 0 amide bonds. The number of alkyl halides is 1. The number of hydrogen-bond donors (Lipinski definition) is 0. The second kappa shape index (κ2) is 5.09. The molecule has 3 heteroatoms. The molecular weight excluding hydrogens is 332 g/mol. The fourth-order valence-corrected chi connectivity index (χ4v) is 4.07. The first-order valence-corrected chi connectivity index (χ1v) is 7.45. The van der Waals surface area contributed by atoms with Crippen molar-refractivity contribution in [2.75, 3.05) is 6.61 Å². The van der Waals surface area contributed by atoms with E-state index in [0.29, 0.717) is 10.7 Å². The number of halogens is 2. The molecule has 16 heavy (non-hydrogen) atoms. The van der Waals surface area contributed by atoms with Crippen LogP contribution in [0.1, 0.15) is 48.6 Å². The molecule has 0 saturated heterocycles. The molecule has 1 aliphatic rings. The lowest BCUT2D eigenvalue weighted by atomic mass is 9.83. The first-order valence-electron chi connectivity index (χ1n) is 5.74. The van der Waals surface area contributed by atoms with Gasteiger partial charge in [-0.25, -0.2) is 0 Å². The van der Waals surface area contributed by atoms with Crippen molar-refractivity contribution in [3.63, 3.8) is 0 Å². The second-order valence-corrected chi connectivity index (χ2v) is 6.21. The Morgan fingerprint density at radius 3 is 2.75 bits per heavy atom. The van der Waals surface area contributed by atoms with Crippen LogP contribution in [0.5, 0.6) is 5.75 Å². The third-order valence-corrected chi connectivity index (χ3v) is 4.76. The highest BCUT2D eigenvalue weighted by Crippen LogP contribution is 2.48. The van der Waals surface area contributed by atoms with Crippen LogP contribution >= 0.6 is 31.9 Å². The van der Waals surface area contributed by atoms with Crippen molar-refractivity contribution < 1.29 is 4.74 Å². The number of hydrogen-bond acceptors (Lipinski definition) is 1. The number of ether oxygens (including phenoxy) is 1. The monoisotopic (exact) mass is 346 g/mol. The van der Waals surface area contributed by atoms with Crippen LogP contribution in [-0.2, 0) is 0 Å². The van der Waals surface area contributed by atoms with Crippen molar-refractivity contribution in [2.24, 2.45) is 0 Å². The Morgan fingerprint density at radius 1 is 1.31 bits per heavy atom. The molecule has 1 aromatic rings. The van der Waals surface area contributed by atoms with E-state index in [2.05, 4.69) is 50.9 Å². The van der Waals surface area contributed by atoms with Crippen molar-refractivity contribution in [2.45, 2.75) is 37.4 Å². The standard InChI is InChI=1S/C13H16Br2O/c1-3-16-11-7-6-10(15)13-9(14)5-4-8(2)12(11)13/h6-9H,3-5H2,1-2H3. The molecule has 1 aromatic carbocycles. The Bertz CT molecular complexity index is 390. The zero-order valence-electron chi connectivity index (χ0n) is 9.59. The normalized spacial score (nSPS) is 24.0. The van der Waals surface area contributed by atoms with Gasteiger partial charge < -0.3 is 4.74 Å². The van der Waals surface area contributed by atoms with Gasteiger partial charge in [-0.15, -0.1) is 0 Å². The Labute approximate surface area is 114 Å². The molecule has 2 atom stereocenters. The van der Waals surface area contributed by atoms with Gasteiger partial charge in [-0.1, -0.05) is 38.8 Å². The van der Waals surface area contributed by atoms with Crippen LogP contribution in [0, 0.1) is 0 Å². The lowest BCUT2D eigenvalue weighted by molar-refractivity contribution is 0.331. The minimum absolute atomic E-state index is 0.452. The highest BCUT2D eigenvalue weighted by molar-refractivity contribution is 9.11. The van der Waals surface area contributed by atoms with Gasteiger partial charge in [0.1, 0.15) is 5.75 Å². The van der Waals surface area contributed by atoms with Crippen molar-refractivity contribution in [1.29, 1.82) is 0 Å². The summed E-state index contributed by atoms with van der Waals surface area (Å²) < 4.78 is 6.93. The van der Waals surface area contributed by atoms with Crippen LogP contribution in [-0.4, -0.2) is 6.61 Å². The minimum atomic E-state index is 0.452. The smallest absolute Gasteiger partial charge is 0.123 e. The number of benzene rings is 1.